The van der Waals surface area contributed by atoms with Crippen molar-refractivity contribution in [3.8, 4) is 12.0 Å². The highest BCUT2D eigenvalue weighted by molar-refractivity contribution is 7.59. The van der Waals surface area contributed by atoms with Gasteiger partial charge in [0, 0.05) is 18.7 Å². The van der Waals surface area contributed by atoms with Crippen molar-refractivity contribution in [1.82, 2.24) is 0 Å². The molecule has 0 unspecified atom stereocenters. The van der Waals surface area contributed by atoms with Crippen LogP contribution in [0.2, 0.25) is 0 Å². The molecule has 0 atom stereocenters. The molecular weight excluding hydrogens is 159 g/mol. The summed E-state index contributed by atoms with van der Waals surface area (Å²) in [4.78, 5) is 0. The molecule has 0 aromatic rings. The van der Waals surface area contributed by atoms with E-state index in [0.717, 1.165) is 6.42 Å². The molecule has 0 aromatic carbocycles. The van der Waals surface area contributed by atoms with Gasteiger partial charge in [-0.2, -0.15) is 0 Å². The Bertz CT molecular complexity index is 192. The van der Waals surface area contributed by atoms with E-state index in [0.29, 0.717) is 12.3 Å². The minimum atomic E-state index is -2.38. The molecular formula is C8H15O2P. The zero-order chi connectivity index (χ0) is 8.74. The van der Waals surface area contributed by atoms with E-state index < -0.39 is 7.37 Å². The van der Waals surface area contributed by atoms with Crippen LogP contribution < -0.4 is 0 Å². The Morgan fingerprint density at radius 2 is 1.82 bits per heavy atom. The molecule has 0 fully saturated rings. The van der Waals surface area contributed by atoms with Crippen molar-refractivity contribution < 1.29 is 9.09 Å². The van der Waals surface area contributed by atoms with Crippen molar-refractivity contribution in [2.75, 3.05) is 12.3 Å². The Hall–Kier alpha value is -0.410. The van der Waals surface area contributed by atoms with E-state index in [-0.39, 0.29) is 0 Å². The van der Waals surface area contributed by atoms with Crippen LogP contribution in [0.1, 0.15) is 27.2 Å². The van der Waals surface area contributed by atoms with E-state index >= 15 is 0 Å². The fraction of sp³-hybridized carbons (Fsp3) is 0.750. The van der Waals surface area contributed by atoms with Gasteiger partial charge in [0.1, 0.15) is 6.11 Å². The van der Waals surface area contributed by atoms with Gasteiger partial charge in [-0.15, -0.1) is 0 Å². The number of rotatable bonds is 3. The molecule has 2 nitrogen and oxygen atoms in total. The predicted octanol–water partition coefficient (Wildman–Crippen LogP) is 2.69. The van der Waals surface area contributed by atoms with Gasteiger partial charge >= 0.3 is 0 Å². The average molecular weight is 174 g/mol. The zero-order valence-corrected chi connectivity index (χ0v) is 8.28. The van der Waals surface area contributed by atoms with Gasteiger partial charge in [0.2, 0.25) is 0 Å². The standard InChI is InChI=1S/C8H15O2P/c1-4-7-8-10-11(9,5-2)6-3/h4-6H2,1-3H3. The van der Waals surface area contributed by atoms with Crippen molar-refractivity contribution in [3.05, 3.63) is 0 Å². The Labute approximate surface area is 68.8 Å². The highest BCUT2D eigenvalue weighted by atomic mass is 31.2. The van der Waals surface area contributed by atoms with E-state index in [2.05, 4.69) is 12.0 Å². The van der Waals surface area contributed by atoms with E-state index in [4.69, 9.17) is 4.52 Å². The van der Waals surface area contributed by atoms with Crippen LogP contribution in [0.3, 0.4) is 0 Å². The van der Waals surface area contributed by atoms with E-state index in [9.17, 15) is 4.57 Å². The van der Waals surface area contributed by atoms with Gasteiger partial charge in [-0.25, -0.2) is 0 Å². The molecule has 0 saturated heterocycles. The Kier molecular flexibility index (Phi) is 5.07. The molecule has 11 heavy (non-hydrogen) atoms. The summed E-state index contributed by atoms with van der Waals surface area (Å²) >= 11 is 0. The van der Waals surface area contributed by atoms with E-state index in [1.807, 2.05) is 20.8 Å². The molecule has 0 aliphatic rings. The van der Waals surface area contributed by atoms with Crippen LogP contribution in [0.25, 0.3) is 0 Å². The largest absolute Gasteiger partial charge is 0.392 e. The summed E-state index contributed by atoms with van der Waals surface area (Å²) in [6, 6.07) is 0. The van der Waals surface area contributed by atoms with Crippen LogP contribution in [0, 0.1) is 12.0 Å². The molecule has 64 valence electrons. The molecule has 0 heterocycles. The maximum atomic E-state index is 11.5. The maximum absolute atomic E-state index is 11.5. The molecule has 0 radical (unpaired) electrons. The predicted molar refractivity (Wildman–Crippen MR) is 47.8 cm³/mol. The van der Waals surface area contributed by atoms with Gasteiger partial charge in [-0.05, 0) is 0 Å². The summed E-state index contributed by atoms with van der Waals surface area (Å²) in [6.45, 7) is 5.65. The van der Waals surface area contributed by atoms with Gasteiger partial charge in [0.15, 0.2) is 0 Å². The lowest BCUT2D eigenvalue weighted by molar-refractivity contribution is 0.463. The second kappa shape index (κ2) is 5.27. The SMILES string of the molecule is CCC#COP(=O)(CC)CC. The normalized spacial score (nSPS) is 10.1. The molecule has 0 aromatic heterocycles. The first-order chi connectivity index (χ1) is 5.18. The fourth-order valence-electron chi connectivity index (χ4n) is 0.540. The van der Waals surface area contributed by atoms with Crippen molar-refractivity contribution in [3.63, 3.8) is 0 Å². The van der Waals surface area contributed by atoms with Crippen LogP contribution in [0.4, 0.5) is 0 Å². The van der Waals surface area contributed by atoms with Gasteiger partial charge < -0.3 is 4.52 Å². The lowest BCUT2D eigenvalue weighted by atomic mass is 10.5. The first-order valence-corrected chi connectivity index (χ1v) is 5.92. The molecule has 0 saturated carbocycles. The summed E-state index contributed by atoms with van der Waals surface area (Å²) in [7, 11) is -2.38. The second-order valence-corrected chi connectivity index (χ2v) is 5.25. The van der Waals surface area contributed by atoms with Crippen LogP contribution in [0.5, 0.6) is 0 Å². The van der Waals surface area contributed by atoms with Crippen molar-refractivity contribution in [1.29, 1.82) is 0 Å². The second-order valence-electron chi connectivity index (χ2n) is 2.17. The van der Waals surface area contributed by atoms with Crippen molar-refractivity contribution in [2.45, 2.75) is 27.2 Å². The average Bonchev–Trinajstić information content (AvgIpc) is 2.05. The minimum Gasteiger partial charge on any atom is -0.392 e. The van der Waals surface area contributed by atoms with Crippen LogP contribution in [-0.2, 0) is 9.09 Å². The van der Waals surface area contributed by atoms with Gasteiger partial charge in [0.05, 0.1) is 0 Å². The summed E-state index contributed by atoms with van der Waals surface area (Å²) in [5, 5.41) is 0. The van der Waals surface area contributed by atoms with Crippen LogP contribution >= 0.6 is 7.37 Å². The molecule has 0 rings (SSSR count). The summed E-state index contributed by atoms with van der Waals surface area (Å²) in [6.07, 6.45) is 4.35. The third-order valence-electron chi connectivity index (χ3n) is 1.42. The summed E-state index contributed by atoms with van der Waals surface area (Å²) in [5.41, 5.74) is 0. The molecule has 0 N–H and O–H groups in total. The monoisotopic (exact) mass is 174 g/mol. The fourth-order valence-corrected chi connectivity index (χ4v) is 1.48. The summed E-state index contributed by atoms with van der Waals surface area (Å²) in [5.74, 6) is 2.73. The molecule has 0 bridgehead atoms. The molecule has 0 amide bonds. The number of hydrogen-bond donors (Lipinski definition) is 0. The lowest BCUT2D eigenvalue weighted by Gasteiger charge is -2.09. The smallest absolute Gasteiger partial charge is 0.257 e. The highest BCUT2D eigenvalue weighted by Crippen LogP contribution is 2.45. The maximum Gasteiger partial charge on any atom is 0.257 e. The van der Waals surface area contributed by atoms with Crippen molar-refractivity contribution in [2.24, 2.45) is 0 Å². The molecule has 0 aliphatic heterocycles. The Morgan fingerprint density at radius 1 is 1.27 bits per heavy atom. The topological polar surface area (TPSA) is 26.3 Å². The number of hydrogen-bond acceptors (Lipinski definition) is 2. The van der Waals surface area contributed by atoms with E-state index in [1.54, 1.807) is 0 Å². The van der Waals surface area contributed by atoms with Gasteiger partial charge in [0.25, 0.3) is 7.37 Å². The third-order valence-corrected chi connectivity index (χ3v) is 3.78. The Balaban J connectivity index is 3.99. The van der Waals surface area contributed by atoms with Crippen molar-refractivity contribution >= 4 is 7.37 Å². The molecule has 3 heteroatoms. The van der Waals surface area contributed by atoms with Gasteiger partial charge in [-0.3, -0.25) is 4.57 Å². The van der Waals surface area contributed by atoms with Crippen LogP contribution in [0.15, 0.2) is 0 Å². The third kappa shape index (κ3) is 4.11. The molecule has 0 aliphatic carbocycles. The first kappa shape index (κ1) is 10.6. The Morgan fingerprint density at radius 3 is 2.18 bits per heavy atom. The minimum absolute atomic E-state index is 0.571. The van der Waals surface area contributed by atoms with Crippen LogP contribution in [-0.4, -0.2) is 12.3 Å². The quantitative estimate of drug-likeness (QED) is 0.485. The zero-order valence-electron chi connectivity index (χ0n) is 7.39. The summed E-state index contributed by atoms with van der Waals surface area (Å²) < 4.78 is 16.5. The van der Waals surface area contributed by atoms with Gasteiger partial charge in [-0.1, -0.05) is 26.7 Å². The molecule has 0 spiro atoms. The first-order valence-electron chi connectivity index (χ1n) is 3.93. The lowest BCUT2D eigenvalue weighted by Crippen LogP contribution is -1.90. The van der Waals surface area contributed by atoms with E-state index in [1.165, 1.54) is 0 Å². The highest BCUT2D eigenvalue weighted by Gasteiger charge is 2.16.